The molecule has 0 spiro atoms. The van der Waals surface area contributed by atoms with E-state index in [1.165, 1.54) is 0 Å². The van der Waals surface area contributed by atoms with Gasteiger partial charge in [0, 0.05) is 0 Å². The number of rotatable bonds is 9. The van der Waals surface area contributed by atoms with Crippen molar-refractivity contribution >= 4 is 70.5 Å². The first-order chi connectivity index (χ1) is 11.7. The first kappa shape index (κ1) is 30.0. The predicted molar refractivity (Wildman–Crippen MR) is 151 cm³/mol. The second kappa shape index (κ2) is 9.09. The second-order valence-corrected chi connectivity index (χ2v) is 56.0. The maximum atomic E-state index is 3.33. The first-order valence-corrected chi connectivity index (χ1v) is 35.0. The summed E-state index contributed by atoms with van der Waals surface area (Å²) in [5.74, 6) is 0. The molecule has 0 unspecified atom stereocenters. The molecule has 0 amide bonds. The van der Waals surface area contributed by atoms with Crippen molar-refractivity contribution in [2.45, 2.75) is 118 Å². The molecular formula is C18H54N3SbSi6. The van der Waals surface area contributed by atoms with Gasteiger partial charge in [0.15, 0.2) is 0 Å². The van der Waals surface area contributed by atoms with Crippen molar-refractivity contribution < 1.29 is 0 Å². The van der Waals surface area contributed by atoms with Crippen molar-refractivity contribution in [2.75, 3.05) is 0 Å². The van der Waals surface area contributed by atoms with Crippen LogP contribution < -0.4 is 0 Å². The molecule has 0 aliphatic rings. The van der Waals surface area contributed by atoms with E-state index in [-0.39, 0.29) is 0 Å². The van der Waals surface area contributed by atoms with Gasteiger partial charge < -0.3 is 0 Å². The van der Waals surface area contributed by atoms with Crippen molar-refractivity contribution in [2.24, 2.45) is 0 Å². The molecule has 170 valence electrons. The summed E-state index contributed by atoms with van der Waals surface area (Å²) in [4.78, 5) is 0. The van der Waals surface area contributed by atoms with E-state index in [2.05, 4.69) is 125 Å². The van der Waals surface area contributed by atoms with Gasteiger partial charge in [0.1, 0.15) is 0 Å². The number of hydrogen-bond donors (Lipinski definition) is 0. The van der Waals surface area contributed by atoms with Gasteiger partial charge in [-0.15, -0.1) is 0 Å². The molecule has 28 heavy (non-hydrogen) atoms. The molecule has 0 N–H and O–H groups in total. The molecule has 0 fully saturated rings. The van der Waals surface area contributed by atoms with Crippen molar-refractivity contribution in [3.8, 4) is 0 Å². The molecule has 0 rings (SSSR count). The maximum absolute atomic E-state index is 3.33. The SMILES string of the molecule is C[Si](C)(C)[N]([Sb]([N]([Si](C)(C)C)[Si](C)(C)C)[N]([Si](C)(C)C)[Si](C)(C)C)[Si](C)(C)C. The fourth-order valence-corrected chi connectivity index (χ4v) is 75.8. The van der Waals surface area contributed by atoms with Crippen LogP contribution in [0, 0.1) is 0 Å². The zero-order valence-electron chi connectivity index (χ0n) is 22.8. The molecule has 0 aromatic heterocycles. The fourth-order valence-electron chi connectivity index (χ4n) is 4.90. The Morgan fingerprint density at radius 3 is 0.464 bits per heavy atom. The van der Waals surface area contributed by atoms with E-state index in [0.29, 0.717) is 0 Å². The topological polar surface area (TPSA) is 9.72 Å². The molecule has 3 nitrogen and oxygen atoms in total. The zero-order valence-corrected chi connectivity index (χ0v) is 31.3. The third-order valence-electron chi connectivity index (χ3n) is 4.35. The molecule has 0 saturated carbocycles. The van der Waals surface area contributed by atoms with E-state index in [1.807, 2.05) is 0 Å². The van der Waals surface area contributed by atoms with Crippen LogP contribution in [0.4, 0.5) is 0 Å². The average molecular weight is 603 g/mol. The Kier molecular flexibility index (Phi) is 9.74. The van der Waals surface area contributed by atoms with E-state index in [4.69, 9.17) is 0 Å². The van der Waals surface area contributed by atoms with Gasteiger partial charge in [-0.3, -0.25) is 0 Å². The van der Waals surface area contributed by atoms with Crippen molar-refractivity contribution in [1.82, 2.24) is 7.17 Å². The Hall–Kier alpha value is 2.00. The summed E-state index contributed by atoms with van der Waals surface area (Å²) in [6.45, 7) is 47.5. The van der Waals surface area contributed by atoms with Gasteiger partial charge in [-0.2, -0.15) is 0 Å². The first-order valence-electron chi connectivity index (χ1n) is 10.9. The molecule has 0 bridgehead atoms. The Bertz CT molecular complexity index is 400. The quantitative estimate of drug-likeness (QED) is 0.266. The van der Waals surface area contributed by atoms with Gasteiger partial charge in [0.05, 0.1) is 0 Å². The number of nitrogens with zero attached hydrogens (tertiary/aromatic N) is 3. The summed E-state index contributed by atoms with van der Waals surface area (Å²) >= 11 is -2.09. The van der Waals surface area contributed by atoms with Crippen LogP contribution in [0.5, 0.6) is 0 Å². The van der Waals surface area contributed by atoms with Crippen molar-refractivity contribution in [3.05, 3.63) is 0 Å². The van der Waals surface area contributed by atoms with Crippen LogP contribution in [0.2, 0.25) is 118 Å². The van der Waals surface area contributed by atoms with Gasteiger partial charge in [-0.1, -0.05) is 0 Å². The molecule has 0 aliphatic carbocycles. The Morgan fingerprint density at radius 2 is 0.393 bits per heavy atom. The van der Waals surface area contributed by atoms with Crippen molar-refractivity contribution in [1.29, 1.82) is 0 Å². The minimum absolute atomic E-state index is 1.44. The molecule has 0 aromatic carbocycles. The zero-order chi connectivity index (χ0) is 23.3. The van der Waals surface area contributed by atoms with E-state index in [0.717, 1.165) is 0 Å². The Labute approximate surface area is 194 Å². The van der Waals surface area contributed by atoms with Crippen LogP contribution in [-0.2, 0) is 0 Å². The normalized spacial score (nSPS) is 16.1. The van der Waals surface area contributed by atoms with Crippen LogP contribution in [0.25, 0.3) is 0 Å². The molecule has 0 saturated heterocycles. The summed E-state index contributed by atoms with van der Waals surface area (Å²) in [7, 11) is -8.66. The van der Waals surface area contributed by atoms with Gasteiger partial charge in [-0.05, 0) is 0 Å². The summed E-state index contributed by atoms with van der Waals surface area (Å²) < 4.78 is 9.99. The summed E-state index contributed by atoms with van der Waals surface area (Å²) in [5, 5.41) is 0. The standard InChI is InChI=1S/3C6H18NSi2.Sb/c3*1-8(2,3)7-9(4,5)6;/h3*1-6H3;/q3*-1;+3. The molecule has 10 heteroatoms. The van der Waals surface area contributed by atoms with Gasteiger partial charge in [-0.25, -0.2) is 0 Å². The molecule has 0 radical (unpaired) electrons. The van der Waals surface area contributed by atoms with Gasteiger partial charge >= 0.3 is 195 Å². The van der Waals surface area contributed by atoms with E-state index in [9.17, 15) is 0 Å². The second-order valence-electron chi connectivity index (χ2n) is 14.2. The monoisotopic (exact) mass is 601 g/mol. The van der Waals surface area contributed by atoms with Crippen LogP contribution in [-0.4, -0.2) is 77.6 Å². The predicted octanol–water partition coefficient (Wildman–Crippen LogP) is 6.89. The third kappa shape index (κ3) is 8.16. The summed E-state index contributed by atoms with van der Waals surface area (Å²) in [5.41, 5.74) is 0. The van der Waals surface area contributed by atoms with Gasteiger partial charge in [0.2, 0.25) is 0 Å². The van der Waals surface area contributed by atoms with E-state index < -0.39 is 70.5 Å². The molecular weight excluding hydrogens is 548 g/mol. The molecule has 0 aromatic rings. The molecule has 0 atom stereocenters. The van der Waals surface area contributed by atoms with Crippen LogP contribution >= 0.6 is 0 Å². The van der Waals surface area contributed by atoms with Crippen LogP contribution in [0.1, 0.15) is 0 Å². The van der Waals surface area contributed by atoms with Gasteiger partial charge in [0.25, 0.3) is 0 Å². The third-order valence-corrected chi connectivity index (χ3v) is 65.1. The fraction of sp³-hybridized carbons (Fsp3) is 1.00. The Balaban J connectivity index is 7.30. The number of hydrogen-bond acceptors (Lipinski definition) is 3. The molecule has 0 aliphatic heterocycles. The van der Waals surface area contributed by atoms with E-state index in [1.54, 1.807) is 0 Å². The summed E-state index contributed by atoms with van der Waals surface area (Å²) in [6.07, 6.45) is 0. The van der Waals surface area contributed by atoms with Crippen LogP contribution in [0.15, 0.2) is 0 Å². The summed E-state index contributed by atoms with van der Waals surface area (Å²) in [6, 6.07) is 0. The molecule has 0 heterocycles. The van der Waals surface area contributed by atoms with Crippen LogP contribution in [0.3, 0.4) is 0 Å². The van der Waals surface area contributed by atoms with Crippen molar-refractivity contribution in [3.63, 3.8) is 0 Å². The minimum atomic E-state index is -2.09. The van der Waals surface area contributed by atoms with E-state index >= 15 is 0 Å². The average Bonchev–Trinajstić information content (AvgIpc) is 2.13. The Morgan fingerprint density at radius 1 is 0.286 bits per heavy atom.